The first-order chi connectivity index (χ1) is 10.2. The summed E-state index contributed by atoms with van der Waals surface area (Å²) in [6.45, 7) is 0. The molecule has 1 N–H and O–H groups in total. The number of nitrogens with one attached hydrogen (secondary N) is 1. The zero-order valence-electron chi connectivity index (χ0n) is 11.8. The monoisotopic (exact) mass is 299 g/mol. The van der Waals surface area contributed by atoms with Crippen molar-refractivity contribution >= 4 is 17.5 Å². The van der Waals surface area contributed by atoms with Crippen LogP contribution in [0.2, 0.25) is 0 Å². The molecule has 1 aliphatic carbocycles. The number of carbonyl (C=O) groups excluding carboxylic acids is 1. The molecule has 108 valence electrons. The molecule has 0 fully saturated rings. The fourth-order valence-electron chi connectivity index (χ4n) is 2.87. The third-order valence-corrected chi connectivity index (χ3v) is 4.47. The molecule has 21 heavy (non-hydrogen) atoms. The van der Waals surface area contributed by atoms with Crippen LogP contribution in [0.4, 0.5) is 0 Å². The Hall–Kier alpha value is -1.80. The van der Waals surface area contributed by atoms with Gasteiger partial charge in [0.25, 0.3) is 0 Å². The number of fused-ring (bicyclic) bond motifs is 1. The van der Waals surface area contributed by atoms with Crippen molar-refractivity contribution in [3.05, 3.63) is 71.3 Å². The highest BCUT2D eigenvalue weighted by atomic mass is 35.5. The predicted octanol–water partition coefficient (Wildman–Crippen LogP) is 3.64. The molecule has 2 nitrogen and oxygen atoms in total. The highest BCUT2D eigenvalue weighted by Gasteiger charge is 2.23. The van der Waals surface area contributed by atoms with E-state index >= 15 is 0 Å². The number of rotatable bonds is 3. The van der Waals surface area contributed by atoms with Gasteiger partial charge in [-0.15, -0.1) is 11.6 Å². The molecule has 2 atom stereocenters. The Morgan fingerprint density at radius 2 is 1.71 bits per heavy atom. The van der Waals surface area contributed by atoms with Crippen LogP contribution in [0.5, 0.6) is 0 Å². The van der Waals surface area contributed by atoms with Crippen molar-refractivity contribution in [1.29, 1.82) is 0 Å². The minimum atomic E-state index is -0.622. The molecule has 0 spiro atoms. The molecule has 0 aromatic heterocycles. The number of amides is 1. The van der Waals surface area contributed by atoms with Gasteiger partial charge in [0.15, 0.2) is 0 Å². The Bertz CT molecular complexity index is 626. The Kier molecular flexibility index (Phi) is 4.26. The van der Waals surface area contributed by atoms with Gasteiger partial charge >= 0.3 is 0 Å². The largest absolute Gasteiger partial charge is 0.351 e. The van der Waals surface area contributed by atoms with Gasteiger partial charge in [0, 0.05) is 6.04 Å². The topological polar surface area (TPSA) is 29.1 Å². The van der Waals surface area contributed by atoms with Crippen molar-refractivity contribution in [2.45, 2.75) is 30.7 Å². The van der Waals surface area contributed by atoms with Crippen LogP contribution in [0, 0.1) is 0 Å². The lowest BCUT2D eigenvalue weighted by molar-refractivity contribution is -0.121. The minimum absolute atomic E-state index is 0.104. The molecule has 3 rings (SSSR count). The van der Waals surface area contributed by atoms with E-state index in [0.29, 0.717) is 0 Å². The van der Waals surface area contributed by atoms with Gasteiger partial charge in [-0.3, -0.25) is 4.79 Å². The van der Waals surface area contributed by atoms with Crippen molar-refractivity contribution in [3.8, 4) is 0 Å². The quantitative estimate of drug-likeness (QED) is 0.861. The fraction of sp³-hybridized carbons (Fsp3) is 0.278. The molecular weight excluding hydrogens is 282 g/mol. The second-order valence-corrected chi connectivity index (χ2v) is 5.93. The van der Waals surface area contributed by atoms with E-state index in [1.54, 1.807) is 0 Å². The van der Waals surface area contributed by atoms with Gasteiger partial charge in [0.2, 0.25) is 5.91 Å². The molecule has 2 aromatic carbocycles. The molecule has 2 unspecified atom stereocenters. The molecule has 0 aliphatic heterocycles. The summed E-state index contributed by atoms with van der Waals surface area (Å²) in [5.74, 6) is -0.104. The smallest absolute Gasteiger partial charge is 0.242 e. The third kappa shape index (κ3) is 3.27. The van der Waals surface area contributed by atoms with Gasteiger partial charge < -0.3 is 5.32 Å². The maximum absolute atomic E-state index is 12.3. The average molecular weight is 300 g/mol. The zero-order chi connectivity index (χ0) is 14.7. The minimum Gasteiger partial charge on any atom is -0.351 e. The van der Waals surface area contributed by atoms with E-state index < -0.39 is 5.38 Å². The third-order valence-electron chi connectivity index (χ3n) is 4.02. The Morgan fingerprint density at radius 1 is 1.05 bits per heavy atom. The lowest BCUT2D eigenvalue weighted by Gasteiger charge is -2.26. The fourth-order valence-corrected chi connectivity index (χ4v) is 3.08. The standard InChI is InChI=1S/C18H18ClNO/c19-17(14-7-2-1-3-8-14)18(21)20-16-11-10-13-6-4-5-9-15(13)12-16/h1-9,16-17H,10-12H2,(H,20,21). The SMILES string of the molecule is O=C(NC1CCc2ccccc2C1)C(Cl)c1ccccc1. The van der Waals surface area contributed by atoms with E-state index in [1.807, 2.05) is 30.3 Å². The van der Waals surface area contributed by atoms with Crippen LogP contribution < -0.4 is 5.32 Å². The van der Waals surface area contributed by atoms with Crippen LogP contribution in [0.3, 0.4) is 0 Å². The molecule has 0 saturated carbocycles. The maximum Gasteiger partial charge on any atom is 0.242 e. The van der Waals surface area contributed by atoms with Crippen LogP contribution in [-0.2, 0) is 17.6 Å². The second-order valence-electron chi connectivity index (χ2n) is 5.49. The number of hydrogen-bond donors (Lipinski definition) is 1. The van der Waals surface area contributed by atoms with E-state index in [4.69, 9.17) is 11.6 Å². The second kappa shape index (κ2) is 6.31. The normalized spacial score (nSPS) is 18.6. The molecule has 1 aliphatic rings. The van der Waals surface area contributed by atoms with Crippen molar-refractivity contribution in [3.63, 3.8) is 0 Å². The van der Waals surface area contributed by atoms with Gasteiger partial charge in [-0.1, -0.05) is 54.6 Å². The summed E-state index contributed by atoms with van der Waals surface area (Å²) in [6, 6.07) is 18.1. The van der Waals surface area contributed by atoms with E-state index in [9.17, 15) is 4.79 Å². The number of halogens is 1. The van der Waals surface area contributed by atoms with Gasteiger partial charge in [-0.2, -0.15) is 0 Å². The summed E-state index contributed by atoms with van der Waals surface area (Å²) in [5.41, 5.74) is 3.57. The number of benzene rings is 2. The Morgan fingerprint density at radius 3 is 2.48 bits per heavy atom. The maximum atomic E-state index is 12.3. The van der Waals surface area contributed by atoms with Gasteiger partial charge in [0.05, 0.1) is 0 Å². The number of carbonyl (C=O) groups is 1. The van der Waals surface area contributed by atoms with Crippen molar-refractivity contribution in [1.82, 2.24) is 5.32 Å². The zero-order valence-corrected chi connectivity index (χ0v) is 12.5. The average Bonchev–Trinajstić information content (AvgIpc) is 2.55. The Labute approximate surface area is 130 Å². The molecule has 2 aromatic rings. The summed E-state index contributed by atoms with van der Waals surface area (Å²) in [5, 5.41) is 2.47. The number of alkyl halides is 1. The summed E-state index contributed by atoms with van der Waals surface area (Å²) < 4.78 is 0. The van der Waals surface area contributed by atoms with Gasteiger partial charge in [-0.25, -0.2) is 0 Å². The van der Waals surface area contributed by atoms with Crippen molar-refractivity contribution in [2.75, 3.05) is 0 Å². The van der Waals surface area contributed by atoms with Crippen LogP contribution in [0.1, 0.15) is 28.5 Å². The van der Waals surface area contributed by atoms with E-state index in [1.165, 1.54) is 11.1 Å². The summed E-state index contributed by atoms with van der Waals surface area (Å²) >= 11 is 6.26. The first kappa shape index (κ1) is 14.2. The van der Waals surface area contributed by atoms with E-state index in [2.05, 4.69) is 29.6 Å². The van der Waals surface area contributed by atoms with Crippen molar-refractivity contribution in [2.24, 2.45) is 0 Å². The first-order valence-corrected chi connectivity index (χ1v) is 7.74. The van der Waals surface area contributed by atoms with Crippen LogP contribution >= 0.6 is 11.6 Å². The lowest BCUT2D eigenvalue weighted by atomic mass is 9.88. The summed E-state index contributed by atoms with van der Waals surface area (Å²) in [4.78, 5) is 12.3. The molecule has 1 amide bonds. The molecule has 0 radical (unpaired) electrons. The molecule has 3 heteroatoms. The highest BCUT2D eigenvalue weighted by molar-refractivity contribution is 6.30. The Balaban J connectivity index is 1.64. The summed E-state index contributed by atoms with van der Waals surface area (Å²) in [7, 11) is 0. The number of hydrogen-bond acceptors (Lipinski definition) is 1. The highest BCUT2D eigenvalue weighted by Crippen LogP contribution is 2.24. The van der Waals surface area contributed by atoms with Gasteiger partial charge in [-0.05, 0) is 36.0 Å². The van der Waals surface area contributed by atoms with Crippen LogP contribution in [-0.4, -0.2) is 11.9 Å². The predicted molar refractivity (Wildman–Crippen MR) is 85.4 cm³/mol. The first-order valence-electron chi connectivity index (χ1n) is 7.30. The number of aryl methyl sites for hydroxylation is 1. The lowest BCUT2D eigenvalue weighted by Crippen LogP contribution is -2.40. The molecule has 0 heterocycles. The van der Waals surface area contributed by atoms with Crippen molar-refractivity contribution < 1.29 is 4.79 Å². The van der Waals surface area contributed by atoms with E-state index in [0.717, 1.165) is 24.8 Å². The van der Waals surface area contributed by atoms with Gasteiger partial charge in [0.1, 0.15) is 5.38 Å². The van der Waals surface area contributed by atoms with E-state index in [-0.39, 0.29) is 11.9 Å². The van der Waals surface area contributed by atoms with Crippen LogP contribution in [0.15, 0.2) is 54.6 Å². The molecular formula is C18H18ClNO. The molecule has 0 saturated heterocycles. The summed E-state index contributed by atoms with van der Waals surface area (Å²) in [6.07, 6.45) is 2.88. The molecule has 0 bridgehead atoms. The van der Waals surface area contributed by atoms with Crippen LogP contribution in [0.25, 0.3) is 0 Å².